The summed E-state index contributed by atoms with van der Waals surface area (Å²) in [6.45, 7) is 2.05. The number of hydrogen-bond donors (Lipinski definition) is 0. The van der Waals surface area contributed by atoms with Gasteiger partial charge in [-0.15, -0.1) is 34.3 Å². The van der Waals surface area contributed by atoms with Gasteiger partial charge in [-0.1, -0.05) is 80.7 Å². The molecule has 0 fully saturated rings. The predicted molar refractivity (Wildman–Crippen MR) is 247 cm³/mol. The van der Waals surface area contributed by atoms with E-state index in [0.29, 0.717) is 0 Å². The van der Waals surface area contributed by atoms with Crippen LogP contribution in [-0.2, 0) is 13.1 Å². The first-order valence-corrected chi connectivity index (χ1v) is 23.9. The highest BCUT2D eigenvalue weighted by Crippen LogP contribution is 2.31. The average Bonchev–Trinajstić information content (AvgIpc) is 4.02. The van der Waals surface area contributed by atoms with Crippen LogP contribution in [0.25, 0.3) is 62.4 Å². The number of benzene rings is 3. The number of halogens is 2. The van der Waals surface area contributed by atoms with Crippen LogP contribution >= 0.6 is 65.9 Å². The third-order valence-electron chi connectivity index (χ3n) is 9.10. The summed E-state index contributed by atoms with van der Waals surface area (Å²) in [6.07, 6.45) is 19.6. The van der Waals surface area contributed by atoms with Crippen molar-refractivity contribution in [1.82, 2.24) is 19.9 Å². The average molecular weight is 936 g/mol. The Hall–Kier alpha value is -4.26. The molecule has 288 valence electrons. The van der Waals surface area contributed by atoms with Crippen molar-refractivity contribution in [2.75, 3.05) is 10.7 Å². The highest BCUT2D eigenvalue weighted by Gasteiger charge is 2.09. The maximum Gasteiger partial charge on any atom is 0.169 e. The second-order valence-electron chi connectivity index (χ2n) is 13.3. The van der Waals surface area contributed by atoms with Crippen LogP contribution in [0.5, 0.6) is 0 Å². The molecule has 0 saturated carbocycles. The molecule has 0 spiro atoms. The molecular weight excluding hydrogens is 893 g/mol. The lowest BCUT2D eigenvalue weighted by molar-refractivity contribution is -0.701. The quantitative estimate of drug-likeness (QED) is 0.0500. The number of unbranched alkanes of at least 4 members (excludes halogenated alkanes) is 4. The van der Waals surface area contributed by atoms with Crippen LogP contribution in [0.3, 0.4) is 0 Å². The molecule has 0 atom stereocenters. The molecule has 3 aromatic carbocycles. The third-order valence-corrected chi connectivity index (χ3v) is 13.5. The Labute approximate surface area is 363 Å². The van der Waals surface area contributed by atoms with Gasteiger partial charge in [0.15, 0.2) is 12.4 Å². The lowest BCUT2D eigenvalue weighted by Crippen LogP contribution is -2.34. The van der Waals surface area contributed by atoms with Gasteiger partial charge in [-0.05, 0) is 67.8 Å². The minimum atomic E-state index is 1.01. The van der Waals surface area contributed by atoms with Crippen molar-refractivity contribution >= 4 is 96.5 Å². The minimum Gasteiger partial charge on any atom is -0.301 e. The van der Waals surface area contributed by atoms with Gasteiger partial charge >= 0.3 is 0 Å². The first-order valence-electron chi connectivity index (χ1n) is 19.2. The number of aromatic nitrogens is 6. The van der Waals surface area contributed by atoms with Crippen LogP contribution in [0.4, 0.5) is 0 Å². The summed E-state index contributed by atoms with van der Waals surface area (Å²) in [7, 11) is 0. The van der Waals surface area contributed by atoms with E-state index in [1.54, 1.807) is 46.4 Å². The molecule has 0 unspecified atom stereocenters. The summed E-state index contributed by atoms with van der Waals surface area (Å²) in [6, 6.07) is 38.6. The van der Waals surface area contributed by atoms with Crippen LogP contribution in [0.15, 0.2) is 140 Å². The van der Waals surface area contributed by atoms with Crippen molar-refractivity contribution in [3.63, 3.8) is 0 Å². The number of thiazole rings is 3. The number of nitrogens with zero attached hydrogens (tertiary/aromatic N) is 6. The summed E-state index contributed by atoms with van der Waals surface area (Å²) in [5.74, 6) is 0. The smallest absolute Gasteiger partial charge is 0.169 e. The Kier molecular flexibility index (Phi) is 15.4. The molecule has 0 bridgehead atoms. The Bertz CT molecular complexity index is 2350. The van der Waals surface area contributed by atoms with E-state index in [0.717, 1.165) is 72.9 Å². The number of para-hydroxylation sites is 3. The largest absolute Gasteiger partial charge is 0.301 e. The second kappa shape index (κ2) is 21.5. The summed E-state index contributed by atoms with van der Waals surface area (Å²) >= 11 is 11.9. The molecule has 0 aliphatic rings. The molecule has 9 rings (SSSR count). The molecule has 57 heavy (non-hydrogen) atoms. The van der Waals surface area contributed by atoms with Gasteiger partial charge in [0.2, 0.25) is 0 Å². The summed E-state index contributed by atoms with van der Waals surface area (Å²) in [5, 5.41) is 5.48. The molecular formula is C46H43Br2N6S3+. The fourth-order valence-corrected chi connectivity index (χ4v) is 9.73. The van der Waals surface area contributed by atoms with Gasteiger partial charge in [-0.25, -0.2) is 19.1 Å². The van der Waals surface area contributed by atoms with E-state index in [9.17, 15) is 0 Å². The molecule has 6 nitrogen and oxygen atoms in total. The van der Waals surface area contributed by atoms with E-state index < -0.39 is 0 Å². The molecule has 6 heterocycles. The summed E-state index contributed by atoms with van der Waals surface area (Å²) < 4.78 is 8.17. The standard InChI is InChI=1S/C29H25N4S2.C12H8N2S.C5H10Br2/c1(6-16-32-18-12-22(13-19-32)28-30-24-8-2-4-10-26(24)34-28)7-17-33-20-14-23(15-21-33)29-31-25-9-3-5-11-27(25)35-29;1-2-4-11-10(3-1)14-12(15-11)9-5-7-13-8-6-9;6-4-2-1-3-5-7/h2-5,8-14,18-21H,1,6-7,16-17H2;1-8H;1-5H2/q+1;;. The zero-order valence-corrected chi connectivity index (χ0v) is 37.1. The van der Waals surface area contributed by atoms with E-state index in [2.05, 4.69) is 142 Å². The maximum atomic E-state index is 4.76. The molecule has 0 radical (unpaired) electrons. The highest BCUT2D eigenvalue weighted by molar-refractivity contribution is 9.09. The molecule has 6 aromatic heterocycles. The van der Waals surface area contributed by atoms with Crippen molar-refractivity contribution < 1.29 is 9.13 Å². The summed E-state index contributed by atoms with van der Waals surface area (Å²) in [4.78, 5) is 18.1. The van der Waals surface area contributed by atoms with Gasteiger partial charge in [0, 0.05) is 68.9 Å². The maximum absolute atomic E-state index is 4.76. The molecule has 0 N–H and O–H groups in total. The second-order valence-corrected chi connectivity index (χ2v) is 17.9. The van der Waals surface area contributed by atoms with Gasteiger partial charge < -0.3 is 4.98 Å². The van der Waals surface area contributed by atoms with Crippen LogP contribution in [0.2, 0.25) is 0 Å². The number of hydrogen-bond acceptors (Lipinski definition) is 7. The Morgan fingerprint density at radius 3 is 1.44 bits per heavy atom. The molecule has 0 aliphatic carbocycles. The van der Waals surface area contributed by atoms with Crippen LogP contribution < -0.4 is 9.13 Å². The van der Waals surface area contributed by atoms with Gasteiger partial charge in [-0.3, -0.25) is 4.98 Å². The normalized spacial score (nSPS) is 11.0. The monoisotopic (exact) mass is 933 g/mol. The summed E-state index contributed by atoms with van der Waals surface area (Å²) in [5.41, 5.74) is 6.58. The van der Waals surface area contributed by atoms with E-state index >= 15 is 0 Å². The molecule has 0 saturated heterocycles. The van der Waals surface area contributed by atoms with Gasteiger partial charge in [0.05, 0.1) is 25.9 Å². The zero-order chi connectivity index (χ0) is 39.1. The first-order chi connectivity index (χ1) is 28.2. The van der Waals surface area contributed by atoms with Crippen molar-refractivity contribution in [2.45, 2.75) is 51.6 Å². The van der Waals surface area contributed by atoms with E-state index in [1.165, 1.54) is 51.8 Å². The number of alkyl halides is 2. The van der Waals surface area contributed by atoms with Crippen molar-refractivity contribution in [3.8, 4) is 31.7 Å². The lowest BCUT2D eigenvalue weighted by Gasteiger charge is -2.05. The lowest BCUT2D eigenvalue weighted by atomic mass is 10.2. The van der Waals surface area contributed by atoms with Crippen LogP contribution in [0.1, 0.15) is 38.5 Å². The van der Waals surface area contributed by atoms with Crippen LogP contribution in [-0.4, -0.2) is 30.6 Å². The molecule has 9 aromatic rings. The van der Waals surface area contributed by atoms with Gasteiger partial charge in [0.25, 0.3) is 0 Å². The van der Waals surface area contributed by atoms with Crippen LogP contribution in [0, 0.1) is 6.07 Å². The Morgan fingerprint density at radius 1 is 0.474 bits per heavy atom. The fraction of sp³-hybridized carbons (Fsp3) is 0.217. The minimum absolute atomic E-state index is 1.01. The molecule has 0 amide bonds. The van der Waals surface area contributed by atoms with E-state index in [4.69, 9.17) is 9.97 Å². The van der Waals surface area contributed by atoms with Crippen molar-refractivity contribution in [3.05, 3.63) is 146 Å². The number of aryl methyl sites for hydroxylation is 2. The first kappa shape index (κ1) is 40.9. The topological polar surface area (TPSA) is 59.3 Å². The molecule has 11 heteroatoms. The van der Waals surface area contributed by atoms with Gasteiger partial charge in [-0.2, -0.15) is 11.3 Å². The highest BCUT2D eigenvalue weighted by atomic mass is 79.9. The fourth-order valence-electron chi connectivity index (χ4n) is 6.04. The van der Waals surface area contributed by atoms with Crippen molar-refractivity contribution in [2.24, 2.45) is 0 Å². The number of rotatable bonds is 13. The number of pyridine rings is 3. The Balaban J connectivity index is 0.000000185. The predicted octanol–water partition coefficient (Wildman–Crippen LogP) is 12.8. The number of fused-ring (bicyclic) bond motifs is 3. The Morgan fingerprint density at radius 2 is 0.930 bits per heavy atom. The third kappa shape index (κ3) is 11.7. The molecule has 0 aliphatic heterocycles. The van der Waals surface area contributed by atoms with Crippen molar-refractivity contribution in [1.29, 1.82) is 0 Å². The zero-order valence-electron chi connectivity index (χ0n) is 31.5. The van der Waals surface area contributed by atoms with E-state index in [1.807, 2.05) is 42.5 Å². The van der Waals surface area contributed by atoms with Gasteiger partial charge in [0.1, 0.15) is 35.5 Å². The van der Waals surface area contributed by atoms with E-state index in [-0.39, 0.29) is 0 Å². The SMILES string of the molecule is BrCCCCCBr.[c-]1c[n+](CCCCC[n+]2ccc(-c3nc4ccccc4s3)cc2)ccc1-c1nc2ccccc2s1.c1ccc2sc(-c3ccncc3)nc2c1.